The number of aromatic nitrogens is 1. The van der Waals surface area contributed by atoms with E-state index in [2.05, 4.69) is 4.98 Å². The zero-order valence-electron chi connectivity index (χ0n) is 12.2. The zero-order valence-corrected chi connectivity index (χ0v) is 13.9. The molecule has 1 N–H and O–H groups in total. The number of benzene rings is 1. The molecule has 0 fully saturated rings. The highest BCUT2D eigenvalue weighted by Gasteiger charge is 2.31. The van der Waals surface area contributed by atoms with E-state index >= 15 is 0 Å². The van der Waals surface area contributed by atoms with Crippen LogP contribution in [0.2, 0.25) is 0 Å². The average molecular weight is 325 g/mol. The van der Waals surface area contributed by atoms with Gasteiger partial charge in [-0.2, -0.15) is 0 Å². The van der Waals surface area contributed by atoms with Crippen LogP contribution in [0.4, 0.5) is 0 Å². The fraction of sp³-hybridized carbons (Fsp3) is 0.333. The van der Waals surface area contributed by atoms with Crippen molar-refractivity contribution in [1.82, 2.24) is 4.98 Å². The van der Waals surface area contributed by atoms with E-state index in [9.17, 15) is 4.57 Å². The van der Waals surface area contributed by atoms with Crippen LogP contribution < -0.4 is 0 Å². The summed E-state index contributed by atoms with van der Waals surface area (Å²) in [5.41, 5.74) is 2.04. The Morgan fingerprint density at radius 3 is 2.29 bits per heavy atom. The predicted molar refractivity (Wildman–Crippen MR) is 87.5 cm³/mol. The normalized spacial score (nSPS) is 13.2. The second kappa shape index (κ2) is 7.85. The molecule has 0 aliphatic rings. The number of H-pyrrole nitrogens is 1. The van der Waals surface area contributed by atoms with Gasteiger partial charge in [-0.15, -0.1) is 0 Å². The van der Waals surface area contributed by atoms with Crippen LogP contribution in [0.25, 0.3) is 0 Å². The Morgan fingerprint density at radius 2 is 1.76 bits per heavy atom. The van der Waals surface area contributed by atoms with Gasteiger partial charge in [0.2, 0.25) is 0 Å². The molecule has 1 heterocycles. The molecule has 21 heavy (non-hydrogen) atoms. The summed E-state index contributed by atoms with van der Waals surface area (Å²) in [4.78, 5) is 3.19. The van der Waals surface area contributed by atoms with E-state index in [1.165, 1.54) is 11.4 Å². The van der Waals surface area contributed by atoms with Gasteiger partial charge in [0.15, 0.2) is 0 Å². The van der Waals surface area contributed by atoms with Gasteiger partial charge >= 0.3 is 6.80 Å². The van der Waals surface area contributed by atoms with E-state index in [1.54, 1.807) is 0 Å². The van der Waals surface area contributed by atoms with Gasteiger partial charge in [-0.3, -0.25) is 0 Å². The molecule has 0 saturated heterocycles. The molecule has 4 nitrogen and oxygen atoms in total. The Hall–Kier alpha value is -1.00. The van der Waals surface area contributed by atoms with Crippen molar-refractivity contribution in [3.63, 3.8) is 0 Å². The highest BCUT2D eigenvalue weighted by molar-refractivity contribution is 8.55. The zero-order chi connectivity index (χ0) is 15.1. The van der Waals surface area contributed by atoms with Crippen molar-refractivity contribution in [2.75, 3.05) is 13.2 Å². The van der Waals surface area contributed by atoms with Crippen LogP contribution in [0.5, 0.6) is 0 Å². The van der Waals surface area contributed by atoms with Crippen molar-refractivity contribution >= 4 is 18.2 Å². The van der Waals surface area contributed by atoms with Crippen LogP contribution in [0.3, 0.4) is 0 Å². The van der Waals surface area contributed by atoms with Gasteiger partial charge in [-0.05, 0) is 42.9 Å². The molecule has 0 aliphatic heterocycles. The van der Waals surface area contributed by atoms with Crippen LogP contribution in [0, 0.1) is 0 Å². The second-order valence-corrected chi connectivity index (χ2v) is 8.37. The van der Waals surface area contributed by atoms with Crippen molar-refractivity contribution in [1.29, 1.82) is 0 Å². The van der Waals surface area contributed by atoms with Crippen molar-refractivity contribution in [3.05, 3.63) is 59.9 Å². The van der Waals surface area contributed by atoms with Crippen LogP contribution >= 0.6 is 18.2 Å². The molecule has 6 heteroatoms. The van der Waals surface area contributed by atoms with Gasteiger partial charge in [-0.25, -0.2) is 4.57 Å². The summed E-state index contributed by atoms with van der Waals surface area (Å²) in [7, 11) is 0. The number of nitrogens with one attached hydrogen (secondary N) is 1. The molecule has 1 aromatic carbocycles. The van der Waals surface area contributed by atoms with Crippen LogP contribution in [0.1, 0.15) is 30.4 Å². The van der Waals surface area contributed by atoms with Gasteiger partial charge in [0.1, 0.15) is 0 Å². The lowest BCUT2D eigenvalue weighted by atomic mass is 10.1. The highest BCUT2D eigenvalue weighted by Crippen LogP contribution is 2.66. The molecule has 1 atom stereocenters. The lowest BCUT2D eigenvalue weighted by molar-refractivity contribution is 0.236. The van der Waals surface area contributed by atoms with Gasteiger partial charge in [0, 0.05) is 11.9 Å². The van der Waals surface area contributed by atoms with Crippen molar-refractivity contribution in [2.24, 2.45) is 0 Å². The lowest BCUT2D eigenvalue weighted by Crippen LogP contribution is -2.00. The van der Waals surface area contributed by atoms with E-state index in [4.69, 9.17) is 9.05 Å². The third kappa shape index (κ3) is 4.48. The van der Waals surface area contributed by atoms with Gasteiger partial charge < -0.3 is 14.0 Å². The molecule has 1 unspecified atom stereocenters. The van der Waals surface area contributed by atoms with Crippen LogP contribution in [-0.2, 0) is 13.6 Å². The molecule has 114 valence electrons. The quantitative estimate of drug-likeness (QED) is 0.693. The molecule has 2 aromatic rings. The standard InChI is InChI=1S/C15H20NO3PS/c1-3-18-20(17,19-4-2)21-15(14-11-8-12-16-14)13-9-6-5-7-10-13/h5-12,15-16H,3-4H2,1-2H3. The first-order valence-electron chi connectivity index (χ1n) is 6.94. The van der Waals surface area contributed by atoms with E-state index in [1.807, 2.05) is 62.5 Å². The molecule has 0 radical (unpaired) electrons. The third-order valence-electron chi connectivity index (χ3n) is 2.82. The van der Waals surface area contributed by atoms with Crippen molar-refractivity contribution < 1.29 is 13.6 Å². The fourth-order valence-electron chi connectivity index (χ4n) is 1.98. The van der Waals surface area contributed by atoms with E-state index < -0.39 is 6.80 Å². The van der Waals surface area contributed by atoms with E-state index in [-0.39, 0.29) is 5.25 Å². The SMILES string of the molecule is CCOP(=O)(OCC)SC(c1ccccc1)c1ccc[nH]1. The molecule has 0 saturated carbocycles. The van der Waals surface area contributed by atoms with Crippen LogP contribution in [0.15, 0.2) is 48.7 Å². The minimum absolute atomic E-state index is 0.120. The molecule has 0 amide bonds. The Morgan fingerprint density at radius 1 is 1.10 bits per heavy atom. The maximum Gasteiger partial charge on any atom is 0.390 e. The van der Waals surface area contributed by atoms with Gasteiger partial charge in [0.05, 0.1) is 18.5 Å². The molecule has 0 aliphatic carbocycles. The minimum atomic E-state index is -3.19. The predicted octanol–water partition coefficient (Wildman–Crippen LogP) is 5.02. The Bertz CT molecular complexity index is 564. The number of aromatic amines is 1. The molecule has 2 rings (SSSR count). The first-order chi connectivity index (χ1) is 10.2. The highest BCUT2D eigenvalue weighted by atomic mass is 32.7. The first-order valence-corrected chi connectivity index (χ1v) is 9.97. The van der Waals surface area contributed by atoms with E-state index in [0.717, 1.165) is 11.3 Å². The summed E-state index contributed by atoms with van der Waals surface area (Å²) in [5.74, 6) is 0. The average Bonchev–Trinajstić information content (AvgIpc) is 3.00. The Labute approximate surface area is 129 Å². The smallest absolute Gasteiger partial charge is 0.364 e. The molecule has 0 bridgehead atoms. The molecule has 1 aromatic heterocycles. The van der Waals surface area contributed by atoms with Crippen molar-refractivity contribution in [3.8, 4) is 0 Å². The summed E-state index contributed by atoms with van der Waals surface area (Å²) in [6, 6.07) is 13.8. The second-order valence-electron chi connectivity index (χ2n) is 4.30. The number of rotatable bonds is 8. The van der Waals surface area contributed by atoms with Crippen molar-refractivity contribution in [2.45, 2.75) is 19.1 Å². The first kappa shape index (κ1) is 16.4. The monoisotopic (exact) mass is 325 g/mol. The Balaban J connectivity index is 2.30. The maximum absolute atomic E-state index is 12.8. The largest absolute Gasteiger partial charge is 0.390 e. The topological polar surface area (TPSA) is 51.3 Å². The van der Waals surface area contributed by atoms with Gasteiger partial charge in [-0.1, -0.05) is 30.3 Å². The summed E-state index contributed by atoms with van der Waals surface area (Å²) in [6.07, 6.45) is 1.86. The lowest BCUT2D eigenvalue weighted by Gasteiger charge is -2.22. The Kier molecular flexibility index (Phi) is 6.12. The van der Waals surface area contributed by atoms with E-state index in [0.29, 0.717) is 13.2 Å². The minimum Gasteiger partial charge on any atom is -0.364 e. The van der Waals surface area contributed by atoms with Crippen LogP contribution in [-0.4, -0.2) is 18.2 Å². The molecular weight excluding hydrogens is 305 g/mol. The number of hydrogen-bond acceptors (Lipinski definition) is 4. The molecular formula is C15H20NO3PS. The third-order valence-corrected chi connectivity index (χ3v) is 7.00. The summed E-state index contributed by atoms with van der Waals surface area (Å²) >= 11 is 1.23. The fourth-order valence-corrected chi connectivity index (χ4v) is 6.08. The van der Waals surface area contributed by atoms with Gasteiger partial charge in [0.25, 0.3) is 0 Å². The summed E-state index contributed by atoms with van der Waals surface area (Å²) in [6.45, 7) is 1.17. The summed E-state index contributed by atoms with van der Waals surface area (Å²) in [5, 5.41) is -0.120. The maximum atomic E-state index is 12.8. The summed E-state index contributed by atoms with van der Waals surface area (Å²) < 4.78 is 23.6. The molecule has 0 spiro atoms. The number of hydrogen-bond donors (Lipinski definition) is 1.